The minimum atomic E-state index is -0.815. The summed E-state index contributed by atoms with van der Waals surface area (Å²) in [6.45, 7) is 0.995. The molecule has 0 saturated heterocycles. The van der Waals surface area contributed by atoms with Crippen molar-refractivity contribution in [2.24, 2.45) is 0 Å². The first-order chi connectivity index (χ1) is 9.79. The van der Waals surface area contributed by atoms with Crippen LogP contribution in [0.25, 0.3) is 0 Å². The minimum Gasteiger partial charge on any atom is -0.486 e. The molecule has 1 atom stereocenters. The van der Waals surface area contributed by atoms with Gasteiger partial charge in [-0.05, 0) is 29.1 Å². The summed E-state index contributed by atoms with van der Waals surface area (Å²) < 4.78 is 10.9. The Bertz CT molecular complexity index is 673. The first-order valence-electron chi connectivity index (χ1n) is 6.16. The number of benzene rings is 1. The molecule has 1 aliphatic heterocycles. The van der Waals surface area contributed by atoms with Gasteiger partial charge in [-0.25, -0.2) is 0 Å². The first kappa shape index (κ1) is 12.7. The molecule has 0 spiro atoms. The summed E-state index contributed by atoms with van der Waals surface area (Å²) in [4.78, 5) is 12.9. The Kier molecular flexibility index (Phi) is 3.40. The van der Waals surface area contributed by atoms with Gasteiger partial charge in [0.25, 0.3) is 0 Å². The molecule has 20 heavy (non-hydrogen) atoms. The number of Topliss-reactive ketones (excluding diaryl/α,β-unsaturated/α-hetero) is 1. The molecule has 3 rings (SSSR count). The van der Waals surface area contributed by atoms with Gasteiger partial charge in [-0.1, -0.05) is 12.1 Å². The van der Waals surface area contributed by atoms with Gasteiger partial charge in [0.1, 0.15) is 19.1 Å². The lowest BCUT2D eigenvalue weighted by atomic mass is 9.95. The Morgan fingerprint density at radius 1 is 1.25 bits per heavy atom. The van der Waals surface area contributed by atoms with Crippen LogP contribution in [0, 0.1) is 11.3 Å². The van der Waals surface area contributed by atoms with Crippen LogP contribution in [0.15, 0.2) is 35.7 Å². The maximum absolute atomic E-state index is 12.3. The van der Waals surface area contributed by atoms with Crippen molar-refractivity contribution in [3.63, 3.8) is 0 Å². The lowest BCUT2D eigenvalue weighted by molar-refractivity contribution is 0.0982. The summed E-state index contributed by atoms with van der Waals surface area (Å²) in [6.07, 6.45) is 0. The predicted molar refractivity (Wildman–Crippen MR) is 74.4 cm³/mol. The lowest BCUT2D eigenvalue weighted by Crippen LogP contribution is -2.16. The zero-order valence-corrected chi connectivity index (χ0v) is 11.4. The SMILES string of the molecule is N#CC(C(=O)c1cccs1)c1ccc2c(c1)OCCO2. The molecule has 1 aliphatic rings. The van der Waals surface area contributed by atoms with Crippen molar-refractivity contribution in [3.05, 3.63) is 46.2 Å². The van der Waals surface area contributed by atoms with Crippen molar-refractivity contribution in [2.75, 3.05) is 13.2 Å². The van der Waals surface area contributed by atoms with E-state index in [1.165, 1.54) is 11.3 Å². The van der Waals surface area contributed by atoms with Gasteiger partial charge in [0.2, 0.25) is 0 Å². The molecule has 0 fully saturated rings. The van der Waals surface area contributed by atoms with Gasteiger partial charge in [-0.2, -0.15) is 5.26 Å². The molecule has 2 heterocycles. The zero-order valence-electron chi connectivity index (χ0n) is 10.5. The molecule has 0 bridgehead atoms. The summed E-state index contributed by atoms with van der Waals surface area (Å²) >= 11 is 1.34. The predicted octanol–water partition coefficient (Wildman–Crippen LogP) is 3.01. The summed E-state index contributed by atoms with van der Waals surface area (Å²) in [7, 11) is 0. The van der Waals surface area contributed by atoms with E-state index in [1.54, 1.807) is 30.3 Å². The molecule has 2 aromatic rings. The highest BCUT2D eigenvalue weighted by Crippen LogP contribution is 2.34. The van der Waals surface area contributed by atoms with Crippen LogP contribution < -0.4 is 9.47 Å². The van der Waals surface area contributed by atoms with Crippen molar-refractivity contribution in [2.45, 2.75) is 5.92 Å². The Labute approximate surface area is 120 Å². The fraction of sp³-hybridized carbons (Fsp3) is 0.200. The van der Waals surface area contributed by atoms with E-state index in [0.29, 0.717) is 35.2 Å². The first-order valence-corrected chi connectivity index (χ1v) is 7.04. The van der Waals surface area contributed by atoms with Crippen molar-refractivity contribution in [3.8, 4) is 17.6 Å². The summed E-state index contributed by atoms with van der Waals surface area (Å²) in [5, 5.41) is 11.1. The second-order valence-corrected chi connectivity index (χ2v) is 5.25. The quantitative estimate of drug-likeness (QED) is 0.813. The molecule has 0 N–H and O–H groups in total. The molecule has 4 nitrogen and oxygen atoms in total. The lowest BCUT2D eigenvalue weighted by Gasteiger charge is -2.19. The fourth-order valence-corrected chi connectivity index (χ4v) is 2.78. The van der Waals surface area contributed by atoms with E-state index in [0.717, 1.165) is 0 Å². The van der Waals surface area contributed by atoms with E-state index < -0.39 is 5.92 Å². The number of thiophene rings is 1. The van der Waals surface area contributed by atoms with Crippen molar-refractivity contribution in [1.82, 2.24) is 0 Å². The number of nitrogens with zero attached hydrogens (tertiary/aromatic N) is 1. The fourth-order valence-electron chi connectivity index (χ4n) is 2.09. The summed E-state index contributed by atoms with van der Waals surface area (Å²) in [6, 6.07) is 10.8. The average molecular weight is 285 g/mol. The smallest absolute Gasteiger partial charge is 0.194 e. The van der Waals surface area contributed by atoms with Gasteiger partial charge in [-0.3, -0.25) is 4.79 Å². The number of carbonyl (C=O) groups excluding carboxylic acids is 1. The van der Waals surface area contributed by atoms with E-state index in [-0.39, 0.29) is 5.78 Å². The molecule has 5 heteroatoms. The maximum atomic E-state index is 12.3. The van der Waals surface area contributed by atoms with Crippen LogP contribution in [0.4, 0.5) is 0 Å². The van der Waals surface area contributed by atoms with Crippen LogP contribution in [0.3, 0.4) is 0 Å². The number of rotatable bonds is 3. The number of carbonyl (C=O) groups is 1. The van der Waals surface area contributed by atoms with Crippen LogP contribution in [0.5, 0.6) is 11.5 Å². The summed E-state index contributed by atoms with van der Waals surface area (Å²) in [5.41, 5.74) is 0.634. The van der Waals surface area contributed by atoms with Gasteiger partial charge < -0.3 is 9.47 Å². The highest BCUT2D eigenvalue weighted by Gasteiger charge is 2.24. The molecule has 0 radical (unpaired) electrons. The Hall–Kier alpha value is -2.32. The number of fused-ring (bicyclic) bond motifs is 1. The zero-order chi connectivity index (χ0) is 13.9. The van der Waals surface area contributed by atoms with Gasteiger partial charge >= 0.3 is 0 Å². The second-order valence-electron chi connectivity index (χ2n) is 4.31. The Morgan fingerprint density at radius 3 is 2.75 bits per heavy atom. The summed E-state index contributed by atoms with van der Waals surface area (Å²) in [5.74, 6) is 0.247. The number of ether oxygens (including phenoxy) is 2. The molecule has 100 valence electrons. The van der Waals surface area contributed by atoms with Crippen LogP contribution in [-0.2, 0) is 0 Å². The molecular weight excluding hydrogens is 274 g/mol. The molecular formula is C15H11NO3S. The van der Waals surface area contributed by atoms with Crippen molar-refractivity contribution in [1.29, 1.82) is 5.26 Å². The van der Waals surface area contributed by atoms with Gasteiger partial charge in [0, 0.05) is 0 Å². The molecule has 1 aromatic carbocycles. The number of nitriles is 1. The maximum Gasteiger partial charge on any atom is 0.194 e. The van der Waals surface area contributed by atoms with Crippen LogP contribution >= 0.6 is 11.3 Å². The van der Waals surface area contributed by atoms with Gasteiger partial charge in [-0.15, -0.1) is 11.3 Å². The number of hydrogen-bond donors (Lipinski definition) is 0. The Balaban J connectivity index is 1.94. The minimum absolute atomic E-state index is 0.181. The third-order valence-corrected chi connectivity index (χ3v) is 3.94. The van der Waals surface area contributed by atoms with Gasteiger partial charge in [0.15, 0.2) is 17.3 Å². The van der Waals surface area contributed by atoms with E-state index in [1.807, 2.05) is 5.38 Å². The van der Waals surface area contributed by atoms with Crippen molar-refractivity contribution >= 4 is 17.1 Å². The second kappa shape index (κ2) is 5.35. The van der Waals surface area contributed by atoms with Crippen LogP contribution in [-0.4, -0.2) is 19.0 Å². The van der Waals surface area contributed by atoms with E-state index >= 15 is 0 Å². The standard InChI is InChI=1S/C15H11NO3S/c16-9-11(15(17)14-2-1-7-20-14)10-3-4-12-13(8-10)19-6-5-18-12/h1-4,7-8,11H,5-6H2. The number of hydrogen-bond acceptors (Lipinski definition) is 5. The highest BCUT2D eigenvalue weighted by atomic mass is 32.1. The average Bonchev–Trinajstić information content (AvgIpc) is 3.02. The van der Waals surface area contributed by atoms with E-state index in [2.05, 4.69) is 6.07 Å². The van der Waals surface area contributed by atoms with Crippen LogP contribution in [0.1, 0.15) is 21.2 Å². The largest absolute Gasteiger partial charge is 0.486 e. The van der Waals surface area contributed by atoms with Crippen LogP contribution in [0.2, 0.25) is 0 Å². The normalized spacial score (nSPS) is 14.3. The third kappa shape index (κ3) is 2.26. The Morgan fingerprint density at radius 2 is 2.05 bits per heavy atom. The number of ketones is 1. The third-order valence-electron chi connectivity index (χ3n) is 3.05. The van der Waals surface area contributed by atoms with Gasteiger partial charge in [0.05, 0.1) is 10.9 Å². The molecule has 1 aromatic heterocycles. The monoisotopic (exact) mass is 285 g/mol. The highest BCUT2D eigenvalue weighted by molar-refractivity contribution is 7.12. The van der Waals surface area contributed by atoms with E-state index in [9.17, 15) is 10.1 Å². The molecule has 0 saturated carbocycles. The molecule has 0 aliphatic carbocycles. The van der Waals surface area contributed by atoms with Crippen molar-refractivity contribution < 1.29 is 14.3 Å². The molecule has 1 unspecified atom stereocenters. The topological polar surface area (TPSA) is 59.3 Å². The molecule has 0 amide bonds. The van der Waals surface area contributed by atoms with E-state index in [4.69, 9.17) is 9.47 Å².